The van der Waals surface area contributed by atoms with Crippen LogP contribution in [0.3, 0.4) is 0 Å². The van der Waals surface area contributed by atoms with Crippen molar-refractivity contribution in [2.75, 3.05) is 18.4 Å². The molecule has 1 saturated heterocycles. The van der Waals surface area contributed by atoms with Crippen molar-refractivity contribution in [3.8, 4) is 0 Å². The third-order valence-corrected chi connectivity index (χ3v) is 4.14. The number of carbonyl (C=O) groups excluding carboxylic acids is 2. The molecule has 1 aromatic rings. The zero-order chi connectivity index (χ0) is 15.9. The number of amides is 2. The molecular formula is C15H25N5O2. The van der Waals surface area contributed by atoms with E-state index < -0.39 is 0 Å². The Balaban J connectivity index is 1.77. The fourth-order valence-electron chi connectivity index (χ4n) is 2.80. The Labute approximate surface area is 130 Å². The van der Waals surface area contributed by atoms with Crippen LogP contribution in [0.15, 0.2) is 12.3 Å². The lowest BCUT2D eigenvalue weighted by atomic mass is 9.85. The summed E-state index contributed by atoms with van der Waals surface area (Å²) in [5, 5.41) is 10.4. The molecule has 7 nitrogen and oxygen atoms in total. The molecular weight excluding hydrogens is 282 g/mol. The van der Waals surface area contributed by atoms with Gasteiger partial charge in [0, 0.05) is 31.6 Å². The molecule has 1 aliphatic rings. The number of piperidine rings is 1. The van der Waals surface area contributed by atoms with Gasteiger partial charge in [0.25, 0.3) is 0 Å². The van der Waals surface area contributed by atoms with E-state index in [1.165, 1.54) is 12.8 Å². The first-order valence-corrected chi connectivity index (χ1v) is 7.87. The summed E-state index contributed by atoms with van der Waals surface area (Å²) in [6, 6.07) is 1.73. The molecule has 2 amide bonds. The molecule has 122 valence electrons. The molecule has 2 unspecified atom stereocenters. The van der Waals surface area contributed by atoms with Crippen molar-refractivity contribution >= 4 is 17.6 Å². The molecule has 2 heterocycles. The highest BCUT2D eigenvalue weighted by molar-refractivity contribution is 5.89. The highest BCUT2D eigenvalue weighted by Crippen LogP contribution is 2.22. The fourth-order valence-corrected chi connectivity index (χ4v) is 2.80. The van der Waals surface area contributed by atoms with Crippen LogP contribution in [0.25, 0.3) is 0 Å². The highest BCUT2D eigenvalue weighted by atomic mass is 16.2. The smallest absolute Gasteiger partial charge is 0.225 e. The molecule has 0 aliphatic carbocycles. The van der Waals surface area contributed by atoms with Crippen LogP contribution in [0.4, 0.5) is 5.82 Å². The maximum atomic E-state index is 12.1. The van der Waals surface area contributed by atoms with Crippen LogP contribution in [0, 0.1) is 11.8 Å². The van der Waals surface area contributed by atoms with Gasteiger partial charge in [-0.1, -0.05) is 6.92 Å². The zero-order valence-electron chi connectivity index (χ0n) is 13.0. The quantitative estimate of drug-likeness (QED) is 0.691. The van der Waals surface area contributed by atoms with Gasteiger partial charge in [0.2, 0.25) is 11.8 Å². The summed E-state index contributed by atoms with van der Waals surface area (Å²) >= 11 is 0. The largest absolute Gasteiger partial charge is 0.370 e. The number of aromatic nitrogens is 2. The highest BCUT2D eigenvalue weighted by Gasteiger charge is 2.22. The number of aryl methyl sites for hydroxylation is 1. The SMILES string of the molecule is CC(CC(=O)Nc1ccn(CCC(N)=O)n1)C1CCCNC1. The summed E-state index contributed by atoms with van der Waals surface area (Å²) in [5.74, 6) is 1.05. The van der Waals surface area contributed by atoms with E-state index in [1.54, 1.807) is 16.9 Å². The number of hydrogen-bond donors (Lipinski definition) is 3. The molecule has 1 fully saturated rings. The Kier molecular flexibility index (Phi) is 5.94. The molecule has 0 saturated carbocycles. The second-order valence-electron chi connectivity index (χ2n) is 6.02. The number of carbonyl (C=O) groups is 2. The number of nitrogens with zero attached hydrogens (tertiary/aromatic N) is 2. The van der Waals surface area contributed by atoms with E-state index in [-0.39, 0.29) is 18.2 Å². The first-order chi connectivity index (χ1) is 10.5. The second-order valence-corrected chi connectivity index (χ2v) is 6.02. The standard InChI is InChI=1S/C15H25N5O2/c1-11(12-3-2-6-17-10-12)9-15(22)18-14-5-8-20(19-14)7-4-13(16)21/h5,8,11-12,17H,2-4,6-7,9-10H2,1H3,(H2,16,21)(H,18,19,22). The lowest BCUT2D eigenvalue weighted by Crippen LogP contribution is -2.34. The van der Waals surface area contributed by atoms with E-state index in [4.69, 9.17) is 5.73 Å². The van der Waals surface area contributed by atoms with Crippen LogP contribution in [0.2, 0.25) is 0 Å². The summed E-state index contributed by atoms with van der Waals surface area (Å²) in [6.07, 6.45) is 4.83. The lowest BCUT2D eigenvalue weighted by molar-refractivity contribution is -0.118. The molecule has 0 aromatic carbocycles. The van der Waals surface area contributed by atoms with Crippen molar-refractivity contribution in [1.82, 2.24) is 15.1 Å². The average molecular weight is 307 g/mol. The molecule has 4 N–H and O–H groups in total. The van der Waals surface area contributed by atoms with Gasteiger partial charge in [-0.05, 0) is 37.8 Å². The molecule has 1 aromatic heterocycles. The van der Waals surface area contributed by atoms with Gasteiger partial charge in [-0.2, -0.15) is 5.10 Å². The van der Waals surface area contributed by atoms with Crippen LogP contribution in [-0.4, -0.2) is 34.7 Å². The maximum Gasteiger partial charge on any atom is 0.225 e. The van der Waals surface area contributed by atoms with Gasteiger partial charge in [-0.25, -0.2) is 0 Å². The van der Waals surface area contributed by atoms with Gasteiger partial charge < -0.3 is 16.4 Å². The summed E-state index contributed by atoms with van der Waals surface area (Å²) in [4.78, 5) is 22.8. The Morgan fingerprint density at radius 2 is 2.41 bits per heavy atom. The van der Waals surface area contributed by atoms with Gasteiger partial charge in [-0.15, -0.1) is 0 Å². The van der Waals surface area contributed by atoms with E-state index in [2.05, 4.69) is 22.7 Å². The van der Waals surface area contributed by atoms with E-state index in [9.17, 15) is 9.59 Å². The molecule has 0 spiro atoms. The van der Waals surface area contributed by atoms with Crippen molar-refractivity contribution in [1.29, 1.82) is 0 Å². The second kappa shape index (κ2) is 7.93. The van der Waals surface area contributed by atoms with E-state index in [0.29, 0.717) is 30.6 Å². The predicted octanol–water partition coefficient (Wildman–Crippen LogP) is 0.723. The normalized spacial score (nSPS) is 19.6. The minimum atomic E-state index is -0.365. The molecule has 2 rings (SSSR count). The van der Waals surface area contributed by atoms with Crippen LogP contribution in [0.5, 0.6) is 0 Å². The van der Waals surface area contributed by atoms with Crippen LogP contribution in [-0.2, 0) is 16.1 Å². The van der Waals surface area contributed by atoms with Crippen molar-refractivity contribution < 1.29 is 9.59 Å². The van der Waals surface area contributed by atoms with Crippen molar-refractivity contribution in [3.05, 3.63) is 12.3 Å². The van der Waals surface area contributed by atoms with Crippen LogP contribution in [0.1, 0.15) is 32.6 Å². The van der Waals surface area contributed by atoms with Gasteiger partial charge in [0.1, 0.15) is 0 Å². The van der Waals surface area contributed by atoms with Crippen molar-refractivity contribution in [2.24, 2.45) is 17.6 Å². The number of nitrogens with one attached hydrogen (secondary N) is 2. The predicted molar refractivity (Wildman–Crippen MR) is 84.0 cm³/mol. The lowest BCUT2D eigenvalue weighted by Gasteiger charge is -2.27. The Hall–Kier alpha value is -1.89. The molecule has 22 heavy (non-hydrogen) atoms. The Morgan fingerprint density at radius 3 is 3.09 bits per heavy atom. The summed E-state index contributed by atoms with van der Waals surface area (Å²) < 4.78 is 1.61. The molecule has 0 radical (unpaired) electrons. The maximum absolute atomic E-state index is 12.1. The van der Waals surface area contributed by atoms with E-state index in [0.717, 1.165) is 13.1 Å². The van der Waals surface area contributed by atoms with Crippen LogP contribution >= 0.6 is 0 Å². The van der Waals surface area contributed by atoms with Crippen molar-refractivity contribution in [2.45, 2.75) is 39.2 Å². The average Bonchev–Trinajstić information content (AvgIpc) is 2.93. The fraction of sp³-hybridized carbons (Fsp3) is 0.667. The number of hydrogen-bond acceptors (Lipinski definition) is 4. The molecule has 0 bridgehead atoms. The minimum Gasteiger partial charge on any atom is -0.370 e. The first-order valence-electron chi connectivity index (χ1n) is 7.87. The van der Waals surface area contributed by atoms with Gasteiger partial charge in [0.05, 0.1) is 0 Å². The third-order valence-electron chi connectivity index (χ3n) is 4.14. The van der Waals surface area contributed by atoms with Crippen LogP contribution < -0.4 is 16.4 Å². The minimum absolute atomic E-state index is 0.0155. The monoisotopic (exact) mass is 307 g/mol. The number of rotatable bonds is 7. The van der Waals surface area contributed by atoms with Gasteiger partial charge in [-0.3, -0.25) is 14.3 Å². The number of anilines is 1. The van der Waals surface area contributed by atoms with Crippen molar-refractivity contribution in [3.63, 3.8) is 0 Å². The summed E-state index contributed by atoms with van der Waals surface area (Å²) in [5.41, 5.74) is 5.10. The zero-order valence-corrected chi connectivity index (χ0v) is 13.0. The van der Waals surface area contributed by atoms with Gasteiger partial charge in [0.15, 0.2) is 5.82 Å². The van der Waals surface area contributed by atoms with Gasteiger partial charge >= 0.3 is 0 Å². The van der Waals surface area contributed by atoms with E-state index >= 15 is 0 Å². The summed E-state index contributed by atoms with van der Waals surface area (Å²) in [7, 11) is 0. The topological polar surface area (TPSA) is 102 Å². The molecule has 2 atom stereocenters. The molecule has 1 aliphatic heterocycles. The number of nitrogens with two attached hydrogens (primary N) is 1. The number of primary amides is 1. The first kappa shape index (κ1) is 16.5. The Bertz CT molecular complexity index is 508. The summed E-state index contributed by atoms with van der Waals surface area (Å²) in [6.45, 7) is 4.63. The Morgan fingerprint density at radius 1 is 1.59 bits per heavy atom. The third kappa shape index (κ3) is 5.14. The van der Waals surface area contributed by atoms with E-state index in [1.807, 2.05) is 0 Å². The molecule has 7 heteroatoms.